The van der Waals surface area contributed by atoms with Gasteiger partial charge >= 0.3 is 5.69 Å². The molecule has 0 aliphatic rings. The summed E-state index contributed by atoms with van der Waals surface area (Å²) in [5.74, 6) is 0.207. The molecule has 1 aromatic heterocycles. The van der Waals surface area contributed by atoms with Crippen LogP contribution in [0.15, 0.2) is 47.3 Å². The van der Waals surface area contributed by atoms with Crippen molar-refractivity contribution < 1.29 is 14.2 Å². The van der Waals surface area contributed by atoms with E-state index in [0.717, 1.165) is 4.57 Å². The topological polar surface area (TPSA) is 67.2 Å². The Bertz CT molecular complexity index is 916. The Hall–Kier alpha value is -2.73. The second-order valence-corrected chi connectivity index (χ2v) is 5.29. The van der Waals surface area contributed by atoms with E-state index in [0.29, 0.717) is 22.9 Å². The molecule has 7 heteroatoms. The van der Waals surface area contributed by atoms with E-state index in [4.69, 9.17) is 16.3 Å². The van der Waals surface area contributed by atoms with E-state index in [1.54, 1.807) is 31.2 Å². The van der Waals surface area contributed by atoms with Gasteiger partial charge in [-0.3, -0.25) is 0 Å². The fourth-order valence-electron chi connectivity index (χ4n) is 2.12. The number of aromatic amines is 1. The van der Waals surface area contributed by atoms with E-state index >= 15 is 0 Å². The predicted octanol–water partition coefficient (Wildman–Crippen LogP) is 3.76. The van der Waals surface area contributed by atoms with Crippen molar-refractivity contribution in [2.45, 2.75) is 6.92 Å². The lowest BCUT2D eigenvalue weighted by Crippen LogP contribution is -2.14. The molecule has 0 saturated heterocycles. The third-order valence-corrected chi connectivity index (χ3v) is 3.56. The second-order valence-electron chi connectivity index (χ2n) is 4.89. The normalized spacial score (nSPS) is 10.7. The average molecular weight is 335 g/mol. The van der Waals surface area contributed by atoms with Gasteiger partial charge in [-0.05, 0) is 43.3 Å². The van der Waals surface area contributed by atoms with E-state index in [2.05, 4.69) is 4.98 Å². The fraction of sp³-hybridized carbons (Fsp3) is 0.0625. The number of benzene rings is 2. The summed E-state index contributed by atoms with van der Waals surface area (Å²) < 4.78 is 19.8. The lowest BCUT2D eigenvalue weighted by molar-refractivity contribution is 0.436. The van der Waals surface area contributed by atoms with Crippen molar-refractivity contribution >= 4 is 11.6 Å². The van der Waals surface area contributed by atoms with Gasteiger partial charge in [0, 0.05) is 6.07 Å². The molecule has 0 aliphatic heterocycles. The minimum absolute atomic E-state index is 0.0293. The average Bonchev–Trinajstić information content (AvgIpc) is 2.77. The molecule has 0 atom stereocenters. The Labute approximate surface area is 135 Å². The Morgan fingerprint density at radius 1 is 1.17 bits per heavy atom. The van der Waals surface area contributed by atoms with Crippen molar-refractivity contribution in [2.24, 2.45) is 0 Å². The molecule has 3 aromatic rings. The first-order chi connectivity index (χ1) is 11.0. The smallest absolute Gasteiger partial charge is 0.333 e. The molecule has 1 heterocycles. The number of aryl methyl sites for hydroxylation is 1. The quantitative estimate of drug-likeness (QED) is 0.766. The number of aromatic nitrogens is 2. The van der Waals surface area contributed by atoms with Crippen LogP contribution in [0.1, 0.15) is 5.69 Å². The van der Waals surface area contributed by atoms with Crippen LogP contribution in [0.5, 0.6) is 17.4 Å². The third kappa shape index (κ3) is 2.93. The highest BCUT2D eigenvalue weighted by molar-refractivity contribution is 6.30. The Morgan fingerprint density at radius 3 is 2.39 bits per heavy atom. The van der Waals surface area contributed by atoms with Crippen LogP contribution in [-0.2, 0) is 0 Å². The molecule has 0 aliphatic carbocycles. The molecule has 23 heavy (non-hydrogen) atoms. The summed E-state index contributed by atoms with van der Waals surface area (Å²) >= 11 is 5.70. The van der Waals surface area contributed by atoms with Crippen molar-refractivity contribution in [1.82, 2.24) is 9.55 Å². The number of nitrogens with one attached hydrogen (secondary N) is 1. The van der Waals surface area contributed by atoms with Crippen LogP contribution in [0.2, 0.25) is 5.02 Å². The van der Waals surface area contributed by atoms with Crippen LogP contribution in [0.25, 0.3) is 5.69 Å². The molecular weight excluding hydrogens is 323 g/mol. The largest absolute Gasteiger partial charge is 0.493 e. The van der Waals surface area contributed by atoms with Gasteiger partial charge in [-0.2, -0.15) is 0 Å². The summed E-state index contributed by atoms with van der Waals surface area (Å²) in [4.78, 5) is 14.3. The SMILES string of the molecule is Cc1[nH]c(=O)n(-c2ccc(Oc3ccc(F)c(Cl)c3)cc2)c1O. The van der Waals surface area contributed by atoms with E-state index in [1.807, 2.05) is 0 Å². The minimum atomic E-state index is -0.521. The van der Waals surface area contributed by atoms with E-state index in [-0.39, 0.29) is 10.9 Å². The van der Waals surface area contributed by atoms with Gasteiger partial charge in [0.15, 0.2) is 0 Å². The molecule has 0 radical (unpaired) electrons. The van der Waals surface area contributed by atoms with Crippen LogP contribution in [0.4, 0.5) is 4.39 Å². The number of hydrogen-bond acceptors (Lipinski definition) is 3. The van der Waals surface area contributed by atoms with E-state index in [9.17, 15) is 14.3 Å². The van der Waals surface area contributed by atoms with Gasteiger partial charge in [0.25, 0.3) is 0 Å². The van der Waals surface area contributed by atoms with Gasteiger partial charge in [-0.25, -0.2) is 13.8 Å². The first kappa shape index (κ1) is 15.2. The van der Waals surface area contributed by atoms with Crippen LogP contribution in [0.3, 0.4) is 0 Å². The van der Waals surface area contributed by atoms with E-state index < -0.39 is 11.5 Å². The summed E-state index contributed by atoms with van der Waals surface area (Å²) in [5, 5.41) is 9.85. The molecule has 2 aromatic carbocycles. The van der Waals surface area contributed by atoms with Crippen molar-refractivity contribution in [3.05, 3.63) is 69.5 Å². The molecule has 0 fully saturated rings. The van der Waals surface area contributed by atoms with Crippen molar-refractivity contribution in [2.75, 3.05) is 0 Å². The first-order valence-electron chi connectivity index (χ1n) is 6.69. The number of imidazole rings is 1. The molecule has 2 N–H and O–H groups in total. The minimum Gasteiger partial charge on any atom is -0.493 e. The lowest BCUT2D eigenvalue weighted by Gasteiger charge is -2.08. The molecule has 5 nitrogen and oxygen atoms in total. The zero-order chi connectivity index (χ0) is 16.6. The number of rotatable bonds is 3. The van der Waals surface area contributed by atoms with Gasteiger partial charge in [-0.15, -0.1) is 0 Å². The molecule has 0 amide bonds. The highest BCUT2D eigenvalue weighted by Crippen LogP contribution is 2.27. The summed E-state index contributed by atoms with van der Waals surface area (Å²) in [5.41, 5.74) is 0.441. The Morgan fingerprint density at radius 2 is 1.83 bits per heavy atom. The Balaban J connectivity index is 1.87. The standard InChI is InChI=1S/C16H12ClFN2O3/c1-9-15(21)20(16(22)19-9)10-2-4-11(5-3-10)23-12-6-7-14(18)13(17)8-12/h2-8,21H,1H3,(H,19,22). The zero-order valence-corrected chi connectivity index (χ0v) is 12.8. The van der Waals surface area contributed by atoms with Crippen LogP contribution in [-0.4, -0.2) is 14.7 Å². The van der Waals surface area contributed by atoms with Crippen molar-refractivity contribution in [3.8, 4) is 23.1 Å². The van der Waals surface area contributed by atoms with Gasteiger partial charge < -0.3 is 14.8 Å². The molecular formula is C16H12ClFN2O3. The van der Waals surface area contributed by atoms with Gasteiger partial charge in [0.05, 0.1) is 16.4 Å². The lowest BCUT2D eigenvalue weighted by atomic mass is 10.3. The maximum atomic E-state index is 13.1. The zero-order valence-electron chi connectivity index (χ0n) is 12.0. The highest BCUT2D eigenvalue weighted by Gasteiger charge is 2.11. The number of H-pyrrole nitrogens is 1. The van der Waals surface area contributed by atoms with Crippen LogP contribution >= 0.6 is 11.6 Å². The van der Waals surface area contributed by atoms with Crippen molar-refractivity contribution in [1.29, 1.82) is 0 Å². The number of nitrogens with zero attached hydrogens (tertiary/aromatic N) is 1. The summed E-state index contributed by atoms with van der Waals surface area (Å²) in [6, 6.07) is 10.5. The summed E-state index contributed by atoms with van der Waals surface area (Å²) in [7, 11) is 0. The third-order valence-electron chi connectivity index (χ3n) is 3.27. The van der Waals surface area contributed by atoms with Gasteiger partial charge in [0.2, 0.25) is 5.88 Å². The predicted molar refractivity (Wildman–Crippen MR) is 84.3 cm³/mol. The fourth-order valence-corrected chi connectivity index (χ4v) is 2.29. The van der Waals surface area contributed by atoms with E-state index in [1.165, 1.54) is 18.2 Å². The molecule has 0 spiro atoms. The maximum Gasteiger partial charge on any atom is 0.333 e. The summed E-state index contributed by atoms with van der Waals surface area (Å²) in [6.45, 7) is 1.60. The number of halogens is 2. The summed E-state index contributed by atoms with van der Waals surface area (Å²) in [6.07, 6.45) is 0. The van der Waals surface area contributed by atoms with Gasteiger partial charge in [0.1, 0.15) is 17.3 Å². The Kier molecular flexibility index (Phi) is 3.83. The number of aromatic hydroxyl groups is 1. The molecule has 0 saturated carbocycles. The monoisotopic (exact) mass is 334 g/mol. The molecule has 3 rings (SSSR count). The number of ether oxygens (including phenoxy) is 1. The maximum absolute atomic E-state index is 13.1. The van der Waals surface area contributed by atoms with Gasteiger partial charge in [-0.1, -0.05) is 11.6 Å². The first-order valence-corrected chi connectivity index (χ1v) is 7.07. The molecule has 118 valence electrons. The second kappa shape index (κ2) is 5.81. The molecule has 0 bridgehead atoms. The van der Waals surface area contributed by atoms with Crippen molar-refractivity contribution in [3.63, 3.8) is 0 Å². The van der Waals surface area contributed by atoms with Crippen LogP contribution in [0, 0.1) is 12.7 Å². The highest BCUT2D eigenvalue weighted by atomic mass is 35.5. The number of hydrogen-bond donors (Lipinski definition) is 2. The van der Waals surface area contributed by atoms with Crippen LogP contribution < -0.4 is 10.4 Å². The molecule has 0 unspecified atom stereocenters.